The topological polar surface area (TPSA) is 66.0 Å². The molecule has 0 amide bonds. The van der Waals surface area contributed by atoms with Crippen molar-refractivity contribution in [3.8, 4) is 11.4 Å². The van der Waals surface area contributed by atoms with Crippen molar-refractivity contribution >= 4 is 5.69 Å². The van der Waals surface area contributed by atoms with Gasteiger partial charge in [0.1, 0.15) is 18.4 Å². The van der Waals surface area contributed by atoms with E-state index in [-0.39, 0.29) is 0 Å². The van der Waals surface area contributed by atoms with Crippen LogP contribution in [-0.4, -0.2) is 21.9 Å². The highest BCUT2D eigenvalue weighted by Gasteiger charge is 2.01. The first kappa shape index (κ1) is 8.55. The Morgan fingerprint density at radius 3 is 2.86 bits per heavy atom. The maximum atomic E-state index is 5.75. The summed E-state index contributed by atoms with van der Waals surface area (Å²) >= 11 is 0. The molecule has 2 N–H and O–H groups in total. The van der Waals surface area contributed by atoms with Gasteiger partial charge in [0.2, 0.25) is 0 Å². The third-order valence-corrected chi connectivity index (χ3v) is 1.90. The van der Waals surface area contributed by atoms with Gasteiger partial charge in [-0.15, -0.1) is 0 Å². The van der Waals surface area contributed by atoms with Gasteiger partial charge in [0.15, 0.2) is 0 Å². The quantitative estimate of drug-likeness (QED) is 0.713. The average molecular weight is 190 g/mol. The summed E-state index contributed by atoms with van der Waals surface area (Å²) < 4.78 is 6.68. The number of nitrogens with two attached hydrogens (primary N) is 1. The van der Waals surface area contributed by atoms with Crippen molar-refractivity contribution in [3.63, 3.8) is 0 Å². The summed E-state index contributed by atoms with van der Waals surface area (Å²) in [6.07, 6.45) is 3.08. The van der Waals surface area contributed by atoms with Crippen molar-refractivity contribution in [2.45, 2.75) is 0 Å². The van der Waals surface area contributed by atoms with E-state index >= 15 is 0 Å². The van der Waals surface area contributed by atoms with Crippen LogP contribution in [0.3, 0.4) is 0 Å². The second kappa shape index (κ2) is 3.37. The minimum atomic E-state index is 0.584. The third-order valence-electron chi connectivity index (χ3n) is 1.90. The van der Waals surface area contributed by atoms with E-state index in [9.17, 15) is 0 Å². The van der Waals surface area contributed by atoms with Gasteiger partial charge in [-0.2, -0.15) is 5.10 Å². The summed E-state index contributed by atoms with van der Waals surface area (Å²) in [5.74, 6) is 0.661. The van der Waals surface area contributed by atoms with E-state index in [4.69, 9.17) is 10.5 Å². The smallest absolute Gasteiger partial charge is 0.141 e. The van der Waals surface area contributed by atoms with Gasteiger partial charge in [0.25, 0.3) is 0 Å². The van der Waals surface area contributed by atoms with Crippen LogP contribution in [0.4, 0.5) is 5.69 Å². The molecule has 0 saturated carbocycles. The zero-order valence-electron chi connectivity index (χ0n) is 7.71. The number of ether oxygens (including phenoxy) is 1. The highest BCUT2D eigenvalue weighted by atomic mass is 16.5. The van der Waals surface area contributed by atoms with E-state index in [1.807, 2.05) is 6.07 Å². The molecule has 2 rings (SSSR count). The summed E-state index contributed by atoms with van der Waals surface area (Å²) in [6.45, 7) is 0. The van der Waals surface area contributed by atoms with Gasteiger partial charge in [-0.1, -0.05) is 0 Å². The molecule has 72 valence electrons. The highest BCUT2D eigenvalue weighted by molar-refractivity contribution is 5.57. The van der Waals surface area contributed by atoms with Gasteiger partial charge >= 0.3 is 0 Å². The number of benzene rings is 1. The van der Waals surface area contributed by atoms with Crippen LogP contribution in [0, 0.1) is 0 Å². The maximum Gasteiger partial charge on any atom is 0.141 e. The third kappa shape index (κ3) is 1.39. The van der Waals surface area contributed by atoms with Crippen LogP contribution in [0.25, 0.3) is 5.69 Å². The van der Waals surface area contributed by atoms with E-state index in [0.29, 0.717) is 11.4 Å². The predicted molar refractivity (Wildman–Crippen MR) is 52.3 cm³/mol. The number of anilines is 1. The van der Waals surface area contributed by atoms with Crippen LogP contribution in [0.15, 0.2) is 30.9 Å². The summed E-state index contributed by atoms with van der Waals surface area (Å²) in [5.41, 5.74) is 7.20. The molecule has 0 saturated heterocycles. The zero-order chi connectivity index (χ0) is 9.97. The first-order valence-electron chi connectivity index (χ1n) is 4.10. The minimum absolute atomic E-state index is 0.584. The number of aromatic nitrogens is 3. The van der Waals surface area contributed by atoms with Crippen LogP contribution >= 0.6 is 0 Å². The SMILES string of the molecule is COc1ccc(-n2cncn2)cc1N. The van der Waals surface area contributed by atoms with Crippen LogP contribution in [-0.2, 0) is 0 Å². The summed E-state index contributed by atoms with van der Waals surface area (Å²) in [7, 11) is 1.58. The lowest BCUT2D eigenvalue weighted by Gasteiger charge is -2.06. The molecule has 0 spiro atoms. The summed E-state index contributed by atoms with van der Waals surface area (Å²) in [6, 6.07) is 5.45. The molecule has 2 aromatic rings. The largest absolute Gasteiger partial charge is 0.495 e. The fraction of sp³-hybridized carbons (Fsp3) is 0.111. The molecule has 5 heteroatoms. The molecular formula is C9H10N4O. The van der Waals surface area contributed by atoms with Crippen molar-refractivity contribution in [1.82, 2.24) is 14.8 Å². The Morgan fingerprint density at radius 1 is 1.43 bits per heavy atom. The molecule has 0 fully saturated rings. The van der Waals surface area contributed by atoms with Crippen LogP contribution < -0.4 is 10.5 Å². The molecule has 1 heterocycles. The van der Waals surface area contributed by atoms with Crippen LogP contribution in [0.1, 0.15) is 0 Å². The second-order valence-corrected chi connectivity index (χ2v) is 2.77. The molecule has 0 aliphatic carbocycles. The monoisotopic (exact) mass is 190 g/mol. The molecule has 0 radical (unpaired) electrons. The molecule has 0 aliphatic heterocycles. The van der Waals surface area contributed by atoms with Crippen LogP contribution in [0.5, 0.6) is 5.75 Å². The molecular weight excluding hydrogens is 180 g/mol. The maximum absolute atomic E-state index is 5.75. The van der Waals surface area contributed by atoms with E-state index in [1.54, 1.807) is 30.3 Å². The zero-order valence-corrected chi connectivity index (χ0v) is 7.71. The molecule has 0 unspecified atom stereocenters. The Kier molecular flexibility index (Phi) is 2.06. The normalized spacial score (nSPS) is 10.1. The fourth-order valence-corrected chi connectivity index (χ4v) is 1.21. The van der Waals surface area contributed by atoms with Crippen molar-refractivity contribution in [1.29, 1.82) is 0 Å². The van der Waals surface area contributed by atoms with Crippen LogP contribution in [0.2, 0.25) is 0 Å². The molecule has 1 aromatic carbocycles. The van der Waals surface area contributed by atoms with Crippen molar-refractivity contribution in [2.24, 2.45) is 0 Å². The number of methoxy groups -OCH3 is 1. The van der Waals surface area contributed by atoms with Crippen molar-refractivity contribution in [2.75, 3.05) is 12.8 Å². The number of nitrogen functional groups attached to an aromatic ring is 1. The van der Waals surface area contributed by atoms with E-state index in [1.165, 1.54) is 6.33 Å². The van der Waals surface area contributed by atoms with Gasteiger partial charge in [-0.3, -0.25) is 0 Å². The second-order valence-electron chi connectivity index (χ2n) is 2.77. The van der Waals surface area contributed by atoms with E-state index in [0.717, 1.165) is 5.69 Å². The number of nitrogens with zero attached hydrogens (tertiary/aromatic N) is 3. The minimum Gasteiger partial charge on any atom is -0.495 e. The van der Waals surface area contributed by atoms with Gasteiger partial charge in [0.05, 0.1) is 18.5 Å². The van der Waals surface area contributed by atoms with Gasteiger partial charge < -0.3 is 10.5 Å². The lowest BCUT2D eigenvalue weighted by Crippen LogP contribution is -1.98. The Bertz CT molecular complexity index is 424. The van der Waals surface area contributed by atoms with Gasteiger partial charge in [-0.05, 0) is 18.2 Å². The first-order chi connectivity index (χ1) is 6.81. The summed E-state index contributed by atoms with van der Waals surface area (Å²) in [4.78, 5) is 3.85. The Balaban J connectivity index is 2.43. The van der Waals surface area contributed by atoms with Gasteiger partial charge in [0, 0.05) is 0 Å². The molecule has 0 aliphatic rings. The van der Waals surface area contributed by atoms with E-state index < -0.39 is 0 Å². The predicted octanol–water partition coefficient (Wildman–Crippen LogP) is 0.858. The molecule has 0 bridgehead atoms. The van der Waals surface area contributed by atoms with Crippen molar-refractivity contribution in [3.05, 3.63) is 30.9 Å². The highest BCUT2D eigenvalue weighted by Crippen LogP contribution is 2.23. The fourth-order valence-electron chi connectivity index (χ4n) is 1.21. The first-order valence-corrected chi connectivity index (χ1v) is 4.10. The lowest BCUT2D eigenvalue weighted by atomic mass is 10.2. The molecule has 1 aromatic heterocycles. The Hall–Kier alpha value is -2.04. The molecule has 0 atom stereocenters. The number of rotatable bonds is 2. The van der Waals surface area contributed by atoms with Crippen molar-refractivity contribution < 1.29 is 4.74 Å². The number of hydrogen-bond donors (Lipinski definition) is 1. The number of hydrogen-bond acceptors (Lipinski definition) is 4. The molecule has 5 nitrogen and oxygen atoms in total. The average Bonchev–Trinajstić information content (AvgIpc) is 2.70. The summed E-state index contributed by atoms with van der Waals surface area (Å²) in [5, 5.41) is 3.99. The van der Waals surface area contributed by atoms with E-state index in [2.05, 4.69) is 10.1 Å². The van der Waals surface area contributed by atoms with Gasteiger partial charge in [-0.25, -0.2) is 9.67 Å². The standard InChI is InChI=1S/C9H10N4O/c1-14-9-3-2-7(4-8(9)10)13-6-11-5-12-13/h2-6H,10H2,1H3. The Labute approximate surface area is 81.1 Å². The lowest BCUT2D eigenvalue weighted by molar-refractivity contribution is 0.417. The molecule has 14 heavy (non-hydrogen) atoms. The Morgan fingerprint density at radius 2 is 2.29 bits per heavy atom.